The monoisotopic (exact) mass is 266 g/mol. The van der Waals surface area contributed by atoms with Crippen molar-refractivity contribution >= 4 is 11.8 Å². The van der Waals surface area contributed by atoms with E-state index in [1.54, 1.807) is 0 Å². The van der Waals surface area contributed by atoms with Crippen molar-refractivity contribution in [1.82, 2.24) is 5.32 Å². The Bertz CT molecular complexity index is 505. The summed E-state index contributed by atoms with van der Waals surface area (Å²) in [6.07, 6.45) is 1.34. The minimum absolute atomic E-state index is 0.0101. The molecule has 3 N–H and O–H groups in total. The molecule has 1 aromatic carbocycles. The van der Waals surface area contributed by atoms with Gasteiger partial charge in [-0.3, -0.25) is 9.59 Å². The Morgan fingerprint density at radius 2 is 2.32 bits per heavy atom. The number of amides is 2. The van der Waals surface area contributed by atoms with Gasteiger partial charge < -0.3 is 15.8 Å². The van der Waals surface area contributed by atoms with E-state index in [0.717, 1.165) is 12.5 Å². The van der Waals surface area contributed by atoms with E-state index in [-0.39, 0.29) is 29.7 Å². The van der Waals surface area contributed by atoms with E-state index >= 15 is 0 Å². The predicted octanol–water partition coefficient (Wildman–Crippen LogP) is 0.830. The molecule has 0 radical (unpaired) electrons. The first kappa shape index (κ1) is 13.3. The van der Waals surface area contributed by atoms with Gasteiger partial charge in [-0.2, -0.15) is 0 Å². The van der Waals surface area contributed by atoms with E-state index in [1.165, 1.54) is 12.1 Å². The maximum atomic E-state index is 13.0. The molecular formula is C13H15FN2O3. The average Bonchev–Trinajstić information content (AvgIpc) is 2.77. The minimum Gasteiger partial charge on any atom is -0.493 e. The Kier molecular flexibility index (Phi) is 3.99. The van der Waals surface area contributed by atoms with Crippen LogP contribution < -0.4 is 15.8 Å². The number of carbonyl (C=O) groups is 2. The van der Waals surface area contributed by atoms with Crippen LogP contribution in [0.4, 0.5) is 4.39 Å². The van der Waals surface area contributed by atoms with Crippen molar-refractivity contribution in [1.29, 1.82) is 0 Å². The molecule has 0 aromatic heterocycles. The zero-order valence-electron chi connectivity index (χ0n) is 10.3. The molecule has 1 atom stereocenters. The van der Waals surface area contributed by atoms with Crippen LogP contribution in [0.3, 0.4) is 0 Å². The molecular weight excluding hydrogens is 251 g/mol. The van der Waals surface area contributed by atoms with Gasteiger partial charge >= 0.3 is 0 Å². The molecule has 0 spiro atoms. The third-order valence-electron chi connectivity index (χ3n) is 3.09. The number of hydrogen-bond acceptors (Lipinski definition) is 3. The van der Waals surface area contributed by atoms with E-state index < -0.39 is 11.7 Å². The fourth-order valence-corrected chi connectivity index (χ4v) is 2.05. The zero-order valence-corrected chi connectivity index (χ0v) is 10.3. The largest absolute Gasteiger partial charge is 0.493 e. The second kappa shape index (κ2) is 5.69. The van der Waals surface area contributed by atoms with E-state index in [0.29, 0.717) is 13.0 Å². The van der Waals surface area contributed by atoms with Gasteiger partial charge in [-0.25, -0.2) is 4.39 Å². The van der Waals surface area contributed by atoms with Crippen molar-refractivity contribution in [3.8, 4) is 5.75 Å². The highest BCUT2D eigenvalue weighted by atomic mass is 19.1. The van der Waals surface area contributed by atoms with Crippen LogP contribution >= 0.6 is 0 Å². The summed E-state index contributed by atoms with van der Waals surface area (Å²) in [5.41, 5.74) is 5.16. The summed E-state index contributed by atoms with van der Waals surface area (Å²) in [6.45, 7) is 0.969. The van der Waals surface area contributed by atoms with Gasteiger partial charge in [-0.1, -0.05) is 0 Å². The van der Waals surface area contributed by atoms with Crippen molar-refractivity contribution in [3.05, 3.63) is 29.6 Å². The van der Waals surface area contributed by atoms with Crippen LogP contribution in [0.15, 0.2) is 18.2 Å². The molecule has 2 amide bonds. The zero-order chi connectivity index (χ0) is 13.8. The first-order valence-corrected chi connectivity index (χ1v) is 6.08. The van der Waals surface area contributed by atoms with Gasteiger partial charge in [0, 0.05) is 12.5 Å². The summed E-state index contributed by atoms with van der Waals surface area (Å²) < 4.78 is 18.4. The number of ether oxygens (including phenoxy) is 1. The lowest BCUT2D eigenvalue weighted by molar-refractivity contribution is -0.122. The Hall–Kier alpha value is -2.11. The van der Waals surface area contributed by atoms with Crippen LogP contribution in [0.2, 0.25) is 0 Å². The van der Waals surface area contributed by atoms with Gasteiger partial charge in [-0.15, -0.1) is 0 Å². The molecule has 0 aliphatic carbocycles. The molecule has 6 heteroatoms. The lowest BCUT2D eigenvalue weighted by atomic mass is 10.1. The third kappa shape index (κ3) is 3.21. The lowest BCUT2D eigenvalue weighted by Crippen LogP contribution is -2.20. The molecule has 1 heterocycles. The van der Waals surface area contributed by atoms with Crippen molar-refractivity contribution in [2.24, 2.45) is 11.7 Å². The van der Waals surface area contributed by atoms with E-state index in [1.807, 2.05) is 0 Å². The van der Waals surface area contributed by atoms with Crippen molar-refractivity contribution < 1.29 is 18.7 Å². The highest BCUT2D eigenvalue weighted by molar-refractivity contribution is 5.95. The maximum Gasteiger partial charge on any atom is 0.252 e. The number of primary amides is 1. The molecule has 0 saturated carbocycles. The number of halogens is 1. The third-order valence-corrected chi connectivity index (χ3v) is 3.09. The normalized spacial score (nSPS) is 18.2. The second-order valence-corrected chi connectivity index (χ2v) is 4.42. The molecule has 1 fully saturated rings. The highest BCUT2D eigenvalue weighted by Crippen LogP contribution is 2.21. The van der Waals surface area contributed by atoms with Gasteiger partial charge in [0.15, 0.2) is 0 Å². The van der Waals surface area contributed by atoms with Gasteiger partial charge in [0.2, 0.25) is 5.91 Å². The topological polar surface area (TPSA) is 81.4 Å². The van der Waals surface area contributed by atoms with Crippen molar-refractivity contribution in [3.63, 3.8) is 0 Å². The number of carbonyl (C=O) groups excluding carboxylic acids is 2. The molecule has 19 heavy (non-hydrogen) atoms. The van der Waals surface area contributed by atoms with Crippen LogP contribution in [0.1, 0.15) is 23.2 Å². The Morgan fingerprint density at radius 1 is 1.53 bits per heavy atom. The second-order valence-electron chi connectivity index (χ2n) is 4.42. The van der Waals surface area contributed by atoms with Gasteiger partial charge in [0.05, 0.1) is 12.2 Å². The number of hydrogen-bond donors (Lipinski definition) is 2. The SMILES string of the molecule is NC(=O)c1cc(F)ccc1OCCC1CCNC1=O. The lowest BCUT2D eigenvalue weighted by Gasteiger charge is -2.11. The molecule has 0 bridgehead atoms. The Balaban J connectivity index is 1.95. The van der Waals surface area contributed by atoms with E-state index in [2.05, 4.69) is 5.32 Å². The smallest absolute Gasteiger partial charge is 0.252 e. The maximum absolute atomic E-state index is 13.0. The molecule has 1 aliphatic rings. The highest BCUT2D eigenvalue weighted by Gasteiger charge is 2.23. The van der Waals surface area contributed by atoms with Gasteiger partial charge in [0.25, 0.3) is 5.91 Å². The molecule has 1 unspecified atom stereocenters. The summed E-state index contributed by atoms with van der Waals surface area (Å²) in [7, 11) is 0. The fourth-order valence-electron chi connectivity index (χ4n) is 2.05. The fraction of sp³-hybridized carbons (Fsp3) is 0.385. The quantitative estimate of drug-likeness (QED) is 0.828. The first-order chi connectivity index (χ1) is 9.08. The van der Waals surface area contributed by atoms with Crippen molar-refractivity contribution in [2.75, 3.05) is 13.2 Å². The Labute approximate surface area is 109 Å². The van der Waals surface area contributed by atoms with E-state index in [9.17, 15) is 14.0 Å². The van der Waals surface area contributed by atoms with Crippen LogP contribution in [0.5, 0.6) is 5.75 Å². The first-order valence-electron chi connectivity index (χ1n) is 6.08. The summed E-state index contributed by atoms with van der Waals surface area (Å²) in [5.74, 6) is -1.08. The summed E-state index contributed by atoms with van der Waals surface area (Å²) >= 11 is 0. The summed E-state index contributed by atoms with van der Waals surface area (Å²) in [4.78, 5) is 22.5. The number of rotatable bonds is 5. The number of nitrogens with two attached hydrogens (primary N) is 1. The van der Waals surface area contributed by atoms with Gasteiger partial charge in [0.1, 0.15) is 11.6 Å². The molecule has 1 aliphatic heterocycles. The number of nitrogens with one attached hydrogen (secondary N) is 1. The molecule has 1 saturated heterocycles. The molecule has 102 valence electrons. The molecule has 1 aromatic rings. The van der Waals surface area contributed by atoms with Crippen molar-refractivity contribution in [2.45, 2.75) is 12.8 Å². The molecule has 2 rings (SSSR count). The molecule has 5 nitrogen and oxygen atoms in total. The van der Waals surface area contributed by atoms with Crippen LogP contribution in [0.25, 0.3) is 0 Å². The van der Waals surface area contributed by atoms with Crippen LogP contribution in [-0.4, -0.2) is 25.0 Å². The average molecular weight is 266 g/mol. The van der Waals surface area contributed by atoms with Crippen LogP contribution in [0, 0.1) is 11.7 Å². The minimum atomic E-state index is -0.742. The number of benzene rings is 1. The van der Waals surface area contributed by atoms with Gasteiger partial charge in [-0.05, 0) is 31.0 Å². The summed E-state index contributed by atoms with van der Waals surface area (Å²) in [6, 6.07) is 3.61. The Morgan fingerprint density at radius 3 is 2.95 bits per heavy atom. The predicted molar refractivity (Wildman–Crippen MR) is 66.1 cm³/mol. The standard InChI is InChI=1S/C13H15FN2O3/c14-9-1-2-11(10(7-9)12(15)17)19-6-4-8-3-5-16-13(8)18/h1-2,7-8H,3-6H2,(H2,15,17)(H,16,18). The summed E-state index contributed by atoms with van der Waals surface area (Å²) in [5, 5.41) is 2.74. The van der Waals surface area contributed by atoms with Crippen LogP contribution in [-0.2, 0) is 4.79 Å². The van der Waals surface area contributed by atoms with E-state index in [4.69, 9.17) is 10.5 Å².